The Hall–Kier alpha value is -3.61. The van der Waals surface area contributed by atoms with Gasteiger partial charge in [-0.15, -0.1) is 0 Å². The zero-order chi connectivity index (χ0) is 18.8. The van der Waals surface area contributed by atoms with Gasteiger partial charge in [-0.3, -0.25) is 10.1 Å². The Morgan fingerprint density at radius 3 is 2.52 bits per heavy atom. The van der Waals surface area contributed by atoms with E-state index in [4.69, 9.17) is 4.76 Å². The molecule has 7 heteroatoms. The second-order valence-electron chi connectivity index (χ2n) is 6.30. The van der Waals surface area contributed by atoms with E-state index in [0.29, 0.717) is 11.4 Å². The molecule has 0 N–H and O–H groups in total. The molecule has 0 amide bonds. The van der Waals surface area contributed by atoms with Crippen LogP contribution in [0.5, 0.6) is 0 Å². The predicted octanol–water partition coefficient (Wildman–Crippen LogP) is 3.50. The molecule has 1 heterocycles. The Morgan fingerprint density at radius 1 is 1.00 bits per heavy atom. The normalized spacial score (nSPS) is 13.3. The number of hydrogen-bond donors (Lipinski definition) is 0. The number of non-ortho nitro benzene ring substituents is 1. The van der Waals surface area contributed by atoms with Crippen LogP contribution in [0, 0.1) is 17.0 Å². The Kier molecular flexibility index (Phi) is 4.34. The van der Waals surface area contributed by atoms with Crippen molar-refractivity contribution in [2.24, 2.45) is 5.16 Å². The van der Waals surface area contributed by atoms with Gasteiger partial charge in [0.05, 0.1) is 4.92 Å². The van der Waals surface area contributed by atoms with E-state index in [1.54, 1.807) is 12.1 Å². The molecule has 0 aromatic heterocycles. The fourth-order valence-electron chi connectivity index (χ4n) is 3.12. The summed E-state index contributed by atoms with van der Waals surface area (Å²) < 4.78 is 5.76. The zero-order valence-corrected chi connectivity index (χ0v) is 14.6. The molecule has 0 radical (unpaired) electrons. The number of hydrogen-bond acceptors (Lipinski definition) is 5. The number of nitro groups is 1. The third-order valence-corrected chi connectivity index (χ3v) is 4.38. The van der Waals surface area contributed by atoms with Crippen LogP contribution in [0.25, 0.3) is 0 Å². The van der Waals surface area contributed by atoms with E-state index >= 15 is 0 Å². The van der Waals surface area contributed by atoms with E-state index < -0.39 is 12.0 Å². The monoisotopic (exact) mass is 357 g/mol. The van der Waals surface area contributed by atoms with Crippen molar-refractivity contribution in [3.63, 3.8) is 0 Å². The van der Waals surface area contributed by atoms with Crippen LogP contribution in [-0.4, -0.2) is 17.8 Å². The predicted molar refractivity (Wildman–Crippen MR) is 106 cm³/mol. The molecule has 0 unspecified atom stereocenters. The number of amidine groups is 1. The number of rotatable bonds is 4. The first-order chi connectivity index (χ1) is 13.1. The first-order valence-electron chi connectivity index (χ1n) is 8.53. The SMILES string of the molecule is Cc1cccc(N2B(c3ccccc3)ON=C2c2cccc([N+](=O)[O-])c2)c1. The largest absolute Gasteiger partial charge is 0.550 e. The zero-order valence-electron chi connectivity index (χ0n) is 14.6. The standard InChI is InChI=1S/C20H16BN3O3/c1-15-7-5-11-18(13-15)23-20(16-8-6-12-19(14-16)24(25)26)22-27-21(23)17-9-3-2-4-10-17/h2-14H,1H3. The fraction of sp³-hybridized carbons (Fsp3) is 0.0500. The molecule has 6 nitrogen and oxygen atoms in total. The summed E-state index contributed by atoms with van der Waals surface area (Å²) in [5.41, 5.74) is 3.60. The maximum atomic E-state index is 11.2. The molecule has 0 aliphatic carbocycles. The Morgan fingerprint density at radius 2 is 1.78 bits per heavy atom. The minimum absolute atomic E-state index is 0.0163. The van der Waals surface area contributed by atoms with Crippen LogP contribution in [0.15, 0.2) is 84.0 Å². The van der Waals surface area contributed by atoms with Gasteiger partial charge in [-0.1, -0.05) is 59.8 Å². The van der Waals surface area contributed by atoms with Crippen molar-refractivity contribution in [1.82, 2.24) is 0 Å². The van der Waals surface area contributed by atoms with Crippen molar-refractivity contribution in [1.29, 1.82) is 0 Å². The fourth-order valence-corrected chi connectivity index (χ4v) is 3.12. The molecule has 132 valence electrons. The lowest BCUT2D eigenvalue weighted by molar-refractivity contribution is -0.384. The molecule has 27 heavy (non-hydrogen) atoms. The van der Waals surface area contributed by atoms with Crippen LogP contribution in [0.3, 0.4) is 0 Å². The summed E-state index contributed by atoms with van der Waals surface area (Å²) in [5, 5.41) is 15.4. The molecular formula is C20H16BN3O3. The highest BCUT2D eigenvalue weighted by Gasteiger charge is 2.40. The molecule has 1 aliphatic rings. The lowest BCUT2D eigenvalue weighted by Gasteiger charge is -2.23. The van der Waals surface area contributed by atoms with Crippen molar-refractivity contribution in [3.8, 4) is 0 Å². The van der Waals surface area contributed by atoms with Crippen molar-refractivity contribution < 1.29 is 9.68 Å². The summed E-state index contributed by atoms with van der Waals surface area (Å²) in [6.45, 7) is 2.02. The number of nitrogens with zero attached hydrogens (tertiary/aromatic N) is 3. The van der Waals surface area contributed by atoms with Crippen molar-refractivity contribution in [2.75, 3.05) is 4.81 Å². The van der Waals surface area contributed by atoms with E-state index in [1.807, 2.05) is 66.3 Å². The highest BCUT2D eigenvalue weighted by molar-refractivity contribution is 6.76. The van der Waals surface area contributed by atoms with Crippen molar-refractivity contribution in [3.05, 3.63) is 100 Å². The summed E-state index contributed by atoms with van der Waals surface area (Å²) >= 11 is 0. The Balaban J connectivity index is 1.81. The van der Waals surface area contributed by atoms with Gasteiger partial charge in [0.2, 0.25) is 0 Å². The van der Waals surface area contributed by atoms with Gasteiger partial charge in [-0.25, -0.2) is 0 Å². The topological polar surface area (TPSA) is 68.0 Å². The van der Waals surface area contributed by atoms with Crippen LogP contribution in [0.4, 0.5) is 11.4 Å². The molecule has 3 aromatic carbocycles. The Bertz CT molecular complexity index is 1020. The molecule has 4 rings (SSSR count). The summed E-state index contributed by atoms with van der Waals surface area (Å²) in [6, 6.07) is 24.2. The van der Waals surface area contributed by atoms with Crippen LogP contribution in [-0.2, 0) is 4.76 Å². The quantitative estimate of drug-likeness (QED) is 0.407. The lowest BCUT2D eigenvalue weighted by atomic mass is 9.71. The van der Waals surface area contributed by atoms with Gasteiger partial charge < -0.3 is 9.57 Å². The molecule has 1 aliphatic heterocycles. The van der Waals surface area contributed by atoms with Crippen LogP contribution in [0.2, 0.25) is 0 Å². The van der Waals surface area contributed by atoms with Gasteiger partial charge in [0.25, 0.3) is 5.69 Å². The lowest BCUT2D eigenvalue weighted by Crippen LogP contribution is -2.49. The van der Waals surface area contributed by atoms with E-state index in [9.17, 15) is 10.1 Å². The van der Waals surface area contributed by atoms with Crippen LogP contribution < -0.4 is 10.3 Å². The second-order valence-corrected chi connectivity index (χ2v) is 6.30. The molecule has 0 atom stereocenters. The molecule has 0 bridgehead atoms. The van der Waals surface area contributed by atoms with E-state index in [1.165, 1.54) is 12.1 Å². The van der Waals surface area contributed by atoms with Gasteiger partial charge in [0, 0.05) is 23.4 Å². The summed E-state index contributed by atoms with van der Waals surface area (Å²) in [5.74, 6) is 0.540. The number of oxime groups is 1. The van der Waals surface area contributed by atoms with Gasteiger partial charge in [0.15, 0.2) is 5.84 Å². The van der Waals surface area contributed by atoms with E-state index in [-0.39, 0.29) is 5.69 Å². The number of anilines is 1. The maximum Gasteiger partial charge on any atom is 0.550 e. The number of aryl methyl sites for hydroxylation is 1. The first kappa shape index (κ1) is 16.8. The van der Waals surface area contributed by atoms with Gasteiger partial charge >= 0.3 is 7.05 Å². The summed E-state index contributed by atoms with van der Waals surface area (Å²) in [6.07, 6.45) is 0. The minimum Gasteiger partial charge on any atom is -0.432 e. The summed E-state index contributed by atoms with van der Waals surface area (Å²) in [7, 11) is -0.442. The van der Waals surface area contributed by atoms with Crippen LogP contribution >= 0.6 is 0 Å². The van der Waals surface area contributed by atoms with Crippen LogP contribution in [0.1, 0.15) is 11.1 Å². The first-order valence-corrected chi connectivity index (χ1v) is 8.53. The van der Waals surface area contributed by atoms with Crippen molar-refractivity contribution in [2.45, 2.75) is 6.92 Å². The van der Waals surface area contributed by atoms with Gasteiger partial charge in [-0.2, -0.15) is 0 Å². The third-order valence-electron chi connectivity index (χ3n) is 4.38. The van der Waals surface area contributed by atoms with E-state index in [2.05, 4.69) is 5.16 Å². The number of benzene rings is 3. The average Bonchev–Trinajstić information content (AvgIpc) is 3.14. The minimum atomic E-state index is -0.442. The average molecular weight is 357 g/mol. The van der Waals surface area contributed by atoms with Crippen molar-refractivity contribution >= 4 is 29.7 Å². The molecule has 3 aromatic rings. The molecule has 0 spiro atoms. The third kappa shape index (κ3) is 3.27. The molecular weight excluding hydrogens is 341 g/mol. The summed E-state index contributed by atoms with van der Waals surface area (Å²) in [4.78, 5) is 12.7. The van der Waals surface area contributed by atoms with Gasteiger partial charge in [0.1, 0.15) is 0 Å². The maximum absolute atomic E-state index is 11.2. The number of nitro benzene ring substituents is 1. The highest BCUT2D eigenvalue weighted by atomic mass is 16.6. The Labute approximate surface area is 157 Å². The molecule has 0 saturated heterocycles. The smallest absolute Gasteiger partial charge is 0.432 e. The molecule has 0 saturated carbocycles. The second kappa shape index (κ2) is 6.95. The van der Waals surface area contributed by atoms with E-state index in [0.717, 1.165) is 16.7 Å². The molecule has 0 fully saturated rings. The highest BCUT2D eigenvalue weighted by Crippen LogP contribution is 2.26. The van der Waals surface area contributed by atoms with Gasteiger partial charge in [-0.05, 0) is 30.1 Å².